The number of nitrogens with one attached hydrogen (secondary N) is 1. The van der Waals surface area contributed by atoms with Gasteiger partial charge in [-0.25, -0.2) is 0 Å². The number of aryl methyl sites for hydroxylation is 2. The van der Waals surface area contributed by atoms with E-state index in [1.165, 1.54) is 0 Å². The molecule has 4 nitrogen and oxygen atoms in total. The van der Waals surface area contributed by atoms with Crippen molar-refractivity contribution in [3.05, 3.63) is 23.7 Å². The average molecular weight is 265 g/mol. The predicted octanol–water partition coefficient (Wildman–Crippen LogP) is 2.19. The number of aliphatic hydroxyl groups is 1. The number of hydrogen-bond acceptors (Lipinski definition) is 3. The molecule has 106 valence electrons. The molecule has 19 heavy (non-hydrogen) atoms. The van der Waals surface area contributed by atoms with Gasteiger partial charge >= 0.3 is 0 Å². The van der Waals surface area contributed by atoms with Crippen molar-refractivity contribution in [1.29, 1.82) is 0 Å². The lowest BCUT2D eigenvalue weighted by molar-refractivity contribution is -0.122. The molecule has 0 bridgehead atoms. The SMILES string of the molecule is Cc1ccc(CCC(=O)NC2CCC(CO)CC2)o1. The van der Waals surface area contributed by atoms with Gasteiger partial charge in [0.1, 0.15) is 11.5 Å². The van der Waals surface area contributed by atoms with Gasteiger partial charge in [-0.3, -0.25) is 4.79 Å². The molecule has 1 saturated carbocycles. The maximum atomic E-state index is 11.8. The Kier molecular flexibility index (Phi) is 5.02. The second kappa shape index (κ2) is 6.75. The smallest absolute Gasteiger partial charge is 0.220 e. The molecule has 1 fully saturated rings. The van der Waals surface area contributed by atoms with Gasteiger partial charge in [0, 0.05) is 25.5 Å². The van der Waals surface area contributed by atoms with Gasteiger partial charge in [-0.05, 0) is 50.7 Å². The normalized spacial score (nSPS) is 23.3. The summed E-state index contributed by atoms with van der Waals surface area (Å²) in [7, 11) is 0. The molecule has 2 N–H and O–H groups in total. The first kappa shape index (κ1) is 14.1. The zero-order chi connectivity index (χ0) is 13.7. The van der Waals surface area contributed by atoms with E-state index in [1.54, 1.807) is 0 Å². The van der Waals surface area contributed by atoms with Crippen LogP contribution in [0.2, 0.25) is 0 Å². The second-order valence-electron chi connectivity index (χ2n) is 5.48. The van der Waals surface area contributed by atoms with Gasteiger partial charge < -0.3 is 14.8 Å². The molecule has 1 aromatic heterocycles. The van der Waals surface area contributed by atoms with E-state index in [9.17, 15) is 4.79 Å². The number of carbonyl (C=O) groups excluding carboxylic acids is 1. The third kappa shape index (κ3) is 4.39. The lowest BCUT2D eigenvalue weighted by Gasteiger charge is -2.27. The minimum absolute atomic E-state index is 0.0986. The minimum Gasteiger partial charge on any atom is -0.466 e. The van der Waals surface area contributed by atoms with E-state index >= 15 is 0 Å². The van der Waals surface area contributed by atoms with Crippen molar-refractivity contribution in [2.75, 3.05) is 6.61 Å². The molecule has 0 atom stereocenters. The molecule has 1 aliphatic rings. The summed E-state index contributed by atoms with van der Waals surface area (Å²) in [5.41, 5.74) is 0. The van der Waals surface area contributed by atoms with Crippen LogP contribution in [0.15, 0.2) is 16.5 Å². The van der Waals surface area contributed by atoms with Gasteiger partial charge in [0.25, 0.3) is 0 Å². The highest BCUT2D eigenvalue weighted by atomic mass is 16.3. The molecule has 0 saturated heterocycles. The number of furan rings is 1. The zero-order valence-corrected chi connectivity index (χ0v) is 11.5. The van der Waals surface area contributed by atoms with Crippen LogP contribution in [-0.2, 0) is 11.2 Å². The number of hydrogen-bond donors (Lipinski definition) is 2. The Morgan fingerprint density at radius 2 is 2.11 bits per heavy atom. The van der Waals surface area contributed by atoms with Crippen LogP contribution < -0.4 is 5.32 Å². The van der Waals surface area contributed by atoms with Gasteiger partial charge in [0.05, 0.1) is 0 Å². The Morgan fingerprint density at radius 1 is 1.37 bits per heavy atom. The molecule has 0 spiro atoms. The third-order valence-corrected chi connectivity index (χ3v) is 3.86. The molecule has 1 heterocycles. The number of aliphatic hydroxyl groups excluding tert-OH is 1. The Labute approximate surface area is 114 Å². The van der Waals surface area contributed by atoms with Crippen LogP contribution in [0.25, 0.3) is 0 Å². The highest BCUT2D eigenvalue weighted by molar-refractivity contribution is 5.76. The van der Waals surface area contributed by atoms with Gasteiger partial charge in [-0.15, -0.1) is 0 Å². The molecule has 1 aromatic rings. The minimum atomic E-state index is 0.0986. The van der Waals surface area contributed by atoms with Crippen LogP contribution in [0.1, 0.15) is 43.6 Å². The first-order valence-electron chi connectivity index (χ1n) is 7.13. The van der Waals surface area contributed by atoms with Gasteiger partial charge in [0.2, 0.25) is 5.91 Å². The first-order valence-corrected chi connectivity index (χ1v) is 7.13. The Bertz CT molecular complexity index is 405. The summed E-state index contributed by atoms with van der Waals surface area (Å²) in [6.07, 6.45) is 5.13. The molecule has 2 rings (SSSR count). The maximum absolute atomic E-state index is 11.8. The quantitative estimate of drug-likeness (QED) is 0.858. The van der Waals surface area contributed by atoms with E-state index in [4.69, 9.17) is 9.52 Å². The summed E-state index contributed by atoms with van der Waals surface area (Å²) >= 11 is 0. The maximum Gasteiger partial charge on any atom is 0.220 e. The lowest BCUT2D eigenvalue weighted by atomic mass is 9.86. The van der Waals surface area contributed by atoms with Crippen molar-refractivity contribution in [2.24, 2.45) is 5.92 Å². The van der Waals surface area contributed by atoms with Crippen molar-refractivity contribution in [1.82, 2.24) is 5.32 Å². The third-order valence-electron chi connectivity index (χ3n) is 3.86. The van der Waals surface area contributed by atoms with E-state index in [2.05, 4.69) is 5.32 Å². The molecule has 0 aromatic carbocycles. The van der Waals surface area contributed by atoms with Crippen LogP contribution in [0.4, 0.5) is 0 Å². The van der Waals surface area contributed by atoms with E-state index < -0.39 is 0 Å². The molecule has 0 unspecified atom stereocenters. The van der Waals surface area contributed by atoms with E-state index in [0.29, 0.717) is 18.8 Å². The summed E-state index contributed by atoms with van der Waals surface area (Å²) < 4.78 is 5.44. The van der Waals surface area contributed by atoms with Gasteiger partial charge in [-0.2, -0.15) is 0 Å². The molecule has 0 radical (unpaired) electrons. The second-order valence-corrected chi connectivity index (χ2v) is 5.48. The summed E-state index contributed by atoms with van der Waals surface area (Å²) in [5, 5.41) is 12.2. The Morgan fingerprint density at radius 3 is 2.68 bits per heavy atom. The highest BCUT2D eigenvalue weighted by Crippen LogP contribution is 2.23. The van der Waals surface area contributed by atoms with E-state index in [1.807, 2.05) is 19.1 Å². The van der Waals surface area contributed by atoms with E-state index in [0.717, 1.165) is 37.2 Å². The summed E-state index contributed by atoms with van der Waals surface area (Å²) in [6.45, 7) is 2.18. The van der Waals surface area contributed by atoms with Crippen molar-refractivity contribution in [3.8, 4) is 0 Å². The molecule has 0 aliphatic heterocycles. The fourth-order valence-corrected chi connectivity index (χ4v) is 2.65. The van der Waals surface area contributed by atoms with Gasteiger partial charge in [0.15, 0.2) is 0 Å². The van der Waals surface area contributed by atoms with Crippen molar-refractivity contribution < 1.29 is 14.3 Å². The molecule has 1 aliphatic carbocycles. The fraction of sp³-hybridized carbons (Fsp3) is 0.667. The zero-order valence-electron chi connectivity index (χ0n) is 11.5. The Balaban J connectivity index is 1.67. The first-order chi connectivity index (χ1) is 9.17. The van der Waals surface area contributed by atoms with Crippen LogP contribution >= 0.6 is 0 Å². The van der Waals surface area contributed by atoms with Gasteiger partial charge in [-0.1, -0.05) is 0 Å². The van der Waals surface area contributed by atoms with Crippen molar-refractivity contribution >= 4 is 5.91 Å². The van der Waals surface area contributed by atoms with Crippen LogP contribution in [0.3, 0.4) is 0 Å². The molecule has 1 amide bonds. The standard InChI is InChI=1S/C15H23NO3/c1-11-2-7-14(19-11)8-9-15(18)16-13-5-3-12(10-17)4-6-13/h2,7,12-13,17H,3-6,8-10H2,1H3,(H,16,18). The number of rotatable bonds is 5. The predicted molar refractivity (Wildman–Crippen MR) is 72.7 cm³/mol. The molecular weight excluding hydrogens is 242 g/mol. The molecular formula is C15H23NO3. The number of carbonyl (C=O) groups is 1. The van der Waals surface area contributed by atoms with E-state index in [-0.39, 0.29) is 18.6 Å². The summed E-state index contributed by atoms with van der Waals surface area (Å²) in [5.74, 6) is 2.29. The van der Waals surface area contributed by atoms with Crippen molar-refractivity contribution in [2.45, 2.75) is 51.5 Å². The highest BCUT2D eigenvalue weighted by Gasteiger charge is 2.21. The topological polar surface area (TPSA) is 62.5 Å². The van der Waals surface area contributed by atoms with Crippen LogP contribution in [-0.4, -0.2) is 23.7 Å². The number of amides is 1. The fourth-order valence-electron chi connectivity index (χ4n) is 2.65. The Hall–Kier alpha value is -1.29. The molecule has 4 heteroatoms. The van der Waals surface area contributed by atoms with Crippen LogP contribution in [0.5, 0.6) is 0 Å². The largest absolute Gasteiger partial charge is 0.466 e. The summed E-state index contributed by atoms with van der Waals surface area (Å²) in [6, 6.07) is 4.13. The average Bonchev–Trinajstić information content (AvgIpc) is 2.83. The van der Waals surface area contributed by atoms with Crippen LogP contribution in [0, 0.1) is 12.8 Å². The van der Waals surface area contributed by atoms with Crippen molar-refractivity contribution in [3.63, 3.8) is 0 Å². The lowest BCUT2D eigenvalue weighted by Crippen LogP contribution is -2.38. The monoisotopic (exact) mass is 265 g/mol. The summed E-state index contributed by atoms with van der Waals surface area (Å²) in [4.78, 5) is 11.8.